The number of rotatable bonds is 3. The van der Waals surface area contributed by atoms with Crippen LogP contribution in [0.2, 0.25) is 0 Å². The molecule has 4 heteroatoms. The second-order valence-corrected chi connectivity index (χ2v) is 4.56. The number of hydrogen-bond donors (Lipinski definition) is 0. The smallest absolute Gasteiger partial charge is 0.511 e. The molecule has 0 bridgehead atoms. The molecule has 3 nitrogen and oxygen atoms in total. The van der Waals surface area contributed by atoms with Gasteiger partial charge in [-0.15, -0.1) is 35.4 Å². The molecule has 3 rings (SSSR count). The van der Waals surface area contributed by atoms with Gasteiger partial charge in [0.25, 0.3) is 0 Å². The molecule has 1 aromatic heterocycles. The summed E-state index contributed by atoms with van der Waals surface area (Å²) in [7, 11) is 2.02. The normalized spacial score (nSPS) is 13.4. The van der Waals surface area contributed by atoms with Crippen LogP contribution in [-0.4, -0.2) is 21.8 Å². The Bertz CT molecular complexity index is 583. The van der Waals surface area contributed by atoms with Gasteiger partial charge in [-0.25, -0.2) is 0 Å². The fourth-order valence-corrected chi connectivity index (χ4v) is 2.07. The van der Waals surface area contributed by atoms with Gasteiger partial charge in [-0.05, 0) is 37.8 Å². The molecule has 0 amide bonds. The van der Waals surface area contributed by atoms with E-state index in [2.05, 4.69) is 41.0 Å². The molecule has 0 atom stereocenters. The summed E-state index contributed by atoms with van der Waals surface area (Å²) in [5, 5.41) is 0. The third-order valence-electron chi connectivity index (χ3n) is 2.97. The molecule has 102 valence electrons. The Morgan fingerprint density at radius 2 is 2.05 bits per heavy atom. The molecule has 0 aliphatic carbocycles. The second kappa shape index (κ2) is 6.68. The monoisotopic (exact) mass is 441 g/mol. The zero-order valence-electron chi connectivity index (χ0n) is 11.2. The summed E-state index contributed by atoms with van der Waals surface area (Å²) in [6.07, 6.45) is 5.89. The van der Waals surface area contributed by atoms with Crippen LogP contribution >= 0.6 is 0 Å². The van der Waals surface area contributed by atoms with Crippen LogP contribution in [0.1, 0.15) is 5.56 Å². The van der Waals surface area contributed by atoms with Gasteiger partial charge in [-0.2, -0.15) is 6.67 Å². The number of nitrogens with zero attached hydrogens (tertiary/aromatic N) is 3. The van der Waals surface area contributed by atoms with Crippen LogP contribution in [0.3, 0.4) is 0 Å². The summed E-state index contributed by atoms with van der Waals surface area (Å²) in [4.78, 5) is 8.52. The van der Waals surface area contributed by atoms with E-state index in [0.29, 0.717) is 0 Å². The van der Waals surface area contributed by atoms with Crippen molar-refractivity contribution in [1.29, 1.82) is 0 Å². The van der Waals surface area contributed by atoms with Crippen LogP contribution in [0.5, 0.6) is 0 Å². The van der Waals surface area contributed by atoms with E-state index in [0.717, 1.165) is 23.4 Å². The van der Waals surface area contributed by atoms with Crippen molar-refractivity contribution >= 4 is 0 Å². The first-order valence-corrected chi connectivity index (χ1v) is 6.25. The van der Waals surface area contributed by atoms with Gasteiger partial charge in [-0.1, -0.05) is 12.1 Å². The molecule has 0 saturated heterocycles. The first-order chi connectivity index (χ1) is 9.31. The largest absolute Gasteiger partial charge is 2.00 e. The molecular weight excluding hydrogens is 424 g/mol. The fraction of sp³-hybridized carbons (Fsp3) is 0.125. The van der Waals surface area contributed by atoms with Crippen LogP contribution in [-0.2, 0) is 26.3 Å². The van der Waals surface area contributed by atoms with Gasteiger partial charge < -0.3 is 14.8 Å². The topological polar surface area (TPSA) is 19.4 Å². The van der Waals surface area contributed by atoms with Gasteiger partial charge in [0.2, 0.25) is 0 Å². The molecule has 0 unspecified atom stereocenters. The zero-order valence-corrected chi connectivity index (χ0v) is 13.7. The van der Waals surface area contributed by atoms with Crippen LogP contribution in [0.25, 0.3) is 11.3 Å². The number of hydrogen-bond acceptors (Lipinski definition) is 3. The summed E-state index contributed by atoms with van der Waals surface area (Å²) in [6, 6.07) is 15.5. The SMILES string of the molecule is CN1C=CN(Cc2[c-]c(-c3ccccn3)ccc2)[CH-]1.[Os+2]. The van der Waals surface area contributed by atoms with Gasteiger partial charge in [0.1, 0.15) is 0 Å². The van der Waals surface area contributed by atoms with E-state index in [1.165, 1.54) is 0 Å². The van der Waals surface area contributed by atoms with Crippen LogP contribution in [0.15, 0.2) is 55.0 Å². The van der Waals surface area contributed by atoms with Gasteiger partial charge in [0.05, 0.1) is 0 Å². The number of aromatic nitrogens is 1. The molecule has 1 aliphatic heterocycles. The van der Waals surface area contributed by atoms with Gasteiger partial charge in [-0.3, -0.25) is 0 Å². The third kappa shape index (κ3) is 3.46. The first-order valence-electron chi connectivity index (χ1n) is 6.25. The number of benzene rings is 1. The van der Waals surface area contributed by atoms with Crippen LogP contribution < -0.4 is 0 Å². The summed E-state index contributed by atoms with van der Waals surface area (Å²) >= 11 is 0. The molecule has 0 saturated carbocycles. The predicted molar refractivity (Wildman–Crippen MR) is 75.3 cm³/mol. The average Bonchev–Trinajstić information content (AvgIpc) is 2.85. The molecule has 2 heterocycles. The maximum absolute atomic E-state index is 4.36. The van der Waals surface area contributed by atoms with Gasteiger partial charge in [0.15, 0.2) is 0 Å². The molecule has 1 aliphatic rings. The third-order valence-corrected chi connectivity index (χ3v) is 2.97. The van der Waals surface area contributed by atoms with Gasteiger partial charge in [0, 0.05) is 6.20 Å². The van der Waals surface area contributed by atoms with Crippen LogP contribution in [0, 0.1) is 12.7 Å². The van der Waals surface area contributed by atoms with Crippen molar-refractivity contribution in [1.82, 2.24) is 14.8 Å². The van der Waals surface area contributed by atoms with Crippen molar-refractivity contribution in [2.24, 2.45) is 0 Å². The van der Waals surface area contributed by atoms with E-state index < -0.39 is 0 Å². The Balaban J connectivity index is 0.00000147. The van der Waals surface area contributed by atoms with Crippen molar-refractivity contribution in [3.63, 3.8) is 0 Å². The van der Waals surface area contributed by atoms with E-state index in [9.17, 15) is 0 Å². The minimum absolute atomic E-state index is 0. The Labute approximate surface area is 133 Å². The summed E-state index contributed by atoms with van der Waals surface area (Å²) in [5.41, 5.74) is 3.15. The zero-order chi connectivity index (χ0) is 13.1. The molecule has 1 aromatic carbocycles. The first kappa shape index (κ1) is 14.7. The Morgan fingerprint density at radius 1 is 1.15 bits per heavy atom. The van der Waals surface area contributed by atoms with Crippen molar-refractivity contribution in [3.8, 4) is 11.3 Å². The maximum Gasteiger partial charge on any atom is 2.00 e. The molecular formula is C16H15N3Os. The Morgan fingerprint density at radius 3 is 2.75 bits per heavy atom. The quantitative estimate of drug-likeness (QED) is 0.686. The Kier molecular flexibility index (Phi) is 4.92. The second-order valence-electron chi connectivity index (χ2n) is 4.56. The van der Waals surface area contributed by atoms with E-state index >= 15 is 0 Å². The average molecular weight is 440 g/mol. The summed E-state index contributed by atoms with van der Waals surface area (Å²) in [6.45, 7) is 2.88. The molecule has 0 fully saturated rings. The fourth-order valence-electron chi connectivity index (χ4n) is 2.07. The van der Waals surface area contributed by atoms with Gasteiger partial charge >= 0.3 is 19.8 Å². The minimum Gasteiger partial charge on any atom is -0.511 e. The molecule has 0 radical (unpaired) electrons. The van der Waals surface area contributed by atoms with Crippen LogP contribution in [0.4, 0.5) is 0 Å². The predicted octanol–water partition coefficient (Wildman–Crippen LogP) is 2.88. The summed E-state index contributed by atoms with van der Waals surface area (Å²) in [5.74, 6) is 0. The van der Waals surface area contributed by atoms with E-state index in [1.807, 2.05) is 48.6 Å². The molecule has 2 aromatic rings. The van der Waals surface area contributed by atoms with Crippen molar-refractivity contribution in [2.45, 2.75) is 6.54 Å². The standard InChI is InChI=1S/C16H15N3.Os/c1-18-9-10-19(13-18)12-14-5-4-6-15(11-14)16-7-2-3-8-17-16;/h2-10,13H,12H2,1H3;/q-2;+2. The summed E-state index contributed by atoms with van der Waals surface area (Å²) < 4.78 is 0. The molecule has 0 spiro atoms. The Hall–Kier alpha value is -1.65. The van der Waals surface area contributed by atoms with Crippen molar-refractivity contribution in [2.75, 3.05) is 7.05 Å². The van der Waals surface area contributed by atoms with Crippen molar-refractivity contribution in [3.05, 3.63) is 73.3 Å². The minimum atomic E-state index is 0. The number of pyridine rings is 1. The van der Waals surface area contributed by atoms with Crippen molar-refractivity contribution < 1.29 is 19.8 Å². The maximum atomic E-state index is 4.36. The molecule has 20 heavy (non-hydrogen) atoms. The van der Waals surface area contributed by atoms with E-state index in [4.69, 9.17) is 0 Å². The van der Waals surface area contributed by atoms with E-state index in [-0.39, 0.29) is 19.8 Å². The molecule has 0 N–H and O–H groups in total. The van der Waals surface area contributed by atoms with E-state index in [1.54, 1.807) is 0 Å².